The highest BCUT2D eigenvalue weighted by Crippen LogP contribution is 2.33. The average molecular weight is 414 g/mol. The number of nitrogen functional groups attached to an aromatic ring is 1. The molecular weight excluding hydrogens is 400 g/mol. The summed E-state index contributed by atoms with van der Waals surface area (Å²) in [4.78, 5) is 21.4. The number of fused-ring (bicyclic) bond motifs is 1. The number of hydrogen-bond donors (Lipinski definition) is 4. The number of carbonyl (C=O) groups excluding carboxylic acids is 1. The highest BCUT2D eigenvalue weighted by molar-refractivity contribution is 7.85. The maximum absolute atomic E-state index is 11.4. The zero-order chi connectivity index (χ0) is 21.2. The molecular formula is C18H14N4O6S. The second-order valence-corrected chi connectivity index (χ2v) is 7.28. The molecule has 0 saturated carbocycles. The first-order valence-corrected chi connectivity index (χ1v) is 9.45. The zero-order valence-electron chi connectivity index (χ0n) is 14.6. The molecule has 10 nitrogen and oxygen atoms in total. The average Bonchev–Trinajstić information content (AvgIpc) is 2.67. The number of carboxylic acids is 1. The number of benzene rings is 3. The Morgan fingerprint density at radius 2 is 1.62 bits per heavy atom. The molecule has 0 heterocycles. The number of azo groups is 1. The molecule has 0 bridgehead atoms. The number of anilines is 2. The molecule has 3 aromatic rings. The number of carboxylic acid groups (broad SMARTS) is 1. The molecule has 0 spiro atoms. The van der Waals surface area contributed by atoms with Crippen LogP contribution in [0.3, 0.4) is 0 Å². The first-order valence-electron chi connectivity index (χ1n) is 8.01. The van der Waals surface area contributed by atoms with Gasteiger partial charge in [0.25, 0.3) is 10.1 Å². The molecule has 0 saturated heterocycles. The lowest BCUT2D eigenvalue weighted by Crippen LogP contribution is -2.21. The summed E-state index contributed by atoms with van der Waals surface area (Å²) in [6.45, 7) is 0. The third-order valence-corrected chi connectivity index (χ3v) is 4.74. The standard InChI is InChI=1S/C18H14N4O6S/c19-15-7-8-16(14-9-12(29(26,27)28)5-6-13(14)15)22-21-11-3-1-10(2-4-11)20-17(23)18(24)25/h1-9H,19H2,(H,20,23)(H,24,25)(H,26,27,28). The van der Waals surface area contributed by atoms with Gasteiger partial charge in [0.2, 0.25) is 0 Å². The van der Waals surface area contributed by atoms with Gasteiger partial charge < -0.3 is 16.2 Å². The van der Waals surface area contributed by atoms with Crippen LogP contribution in [0.2, 0.25) is 0 Å². The number of amides is 1. The predicted octanol–water partition coefficient (Wildman–Crippen LogP) is 3.11. The van der Waals surface area contributed by atoms with E-state index < -0.39 is 22.0 Å². The van der Waals surface area contributed by atoms with Crippen molar-refractivity contribution < 1.29 is 27.7 Å². The van der Waals surface area contributed by atoms with Gasteiger partial charge in [-0.15, -0.1) is 5.11 Å². The van der Waals surface area contributed by atoms with E-state index in [9.17, 15) is 22.6 Å². The molecule has 29 heavy (non-hydrogen) atoms. The molecule has 3 rings (SSSR count). The topological polar surface area (TPSA) is 172 Å². The smallest absolute Gasteiger partial charge is 0.394 e. The first-order chi connectivity index (χ1) is 13.6. The minimum atomic E-state index is -4.40. The van der Waals surface area contributed by atoms with Crippen molar-refractivity contribution in [2.45, 2.75) is 4.90 Å². The predicted molar refractivity (Wildman–Crippen MR) is 105 cm³/mol. The Hall–Kier alpha value is -3.83. The van der Waals surface area contributed by atoms with Crippen LogP contribution in [0.4, 0.5) is 22.7 Å². The van der Waals surface area contributed by atoms with Gasteiger partial charge in [-0.25, -0.2) is 4.79 Å². The van der Waals surface area contributed by atoms with Crippen LogP contribution in [0.15, 0.2) is 69.7 Å². The third kappa shape index (κ3) is 4.54. The van der Waals surface area contributed by atoms with Gasteiger partial charge in [0.1, 0.15) is 0 Å². The van der Waals surface area contributed by atoms with Crippen LogP contribution >= 0.6 is 0 Å². The molecule has 0 unspecified atom stereocenters. The summed E-state index contributed by atoms with van der Waals surface area (Å²) in [5, 5.41) is 19.8. The summed E-state index contributed by atoms with van der Waals surface area (Å²) in [6.07, 6.45) is 0. The van der Waals surface area contributed by atoms with Crippen molar-refractivity contribution in [1.29, 1.82) is 0 Å². The van der Waals surface area contributed by atoms with Crippen molar-refractivity contribution in [3.05, 3.63) is 54.6 Å². The molecule has 0 fully saturated rings. The van der Waals surface area contributed by atoms with Gasteiger partial charge >= 0.3 is 11.9 Å². The van der Waals surface area contributed by atoms with Crippen LogP contribution in [-0.4, -0.2) is 30.0 Å². The molecule has 11 heteroatoms. The Morgan fingerprint density at radius 1 is 0.931 bits per heavy atom. The Morgan fingerprint density at radius 3 is 2.24 bits per heavy atom. The van der Waals surface area contributed by atoms with Crippen LogP contribution in [0.1, 0.15) is 0 Å². The van der Waals surface area contributed by atoms with Gasteiger partial charge in [0, 0.05) is 22.1 Å². The molecule has 1 amide bonds. The van der Waals surface area contributed by atoms with Crippen molar-refractivity contribution in [3.8, 4) is 0 Å². The number of nitrogens with zero attached hydrogens (tertiary/aromatic N) is 2. The van der Waals surface area contributed by atoms with Crippen molar-refractivity contribution >= 4 is 55.5 Å². The van der Waals surface area contributed by atoms with E-state index in [0.29, 0.717) is 27.8 Å². The maximum atomic E-state index is 11.4. The SMILES string of the molecule is Nc1ccc(N=Nc2ccc(NC(=O)C(=O)O)cc2)c2cc(S(=O)(=O)O)ccc12. The summed E-state index contributed by atoms with van der Waals surface area (Å²) in [5.41, 5.74) is 7.30. The van der Waals surface area contributed by atoms with E-state index in [1.165, 1.54) is 42.5 Å². The van der Waals surface area contributed by atoms with Gasteiger partial charge in [-0.05, 0) is 48.5 Å². The summed E-state index contributed by atoms with van der Waals surface area (Å²) < 4.78 is 32.1. The van der Waals surface area contributed by atoms with Crippen LogP contribution in [-0.2, 0) is 19.7 Å². The molecule has 0 aromatic heterocycles. The number of nitrogens with two attached hydrogens (primary N) is 1. The van der Waals surface area contributed by atoms with Gasteiger partial charge in [0.05, 0.1) is 16.3 Å². The second-order valence-electron chi connectivity index (χ2n) is 5.86. The van der Waals surface area contributed by atoms with Gasteiger partial charge in [-0.1, -0.05) is 6.07 Å². The largest absolute Gasteiger partial charge is 0.474 e. The lowest BCUT2D eigenvalue weighted by Gasteiger charge is -2.06. The normalized spacial score (nSPS) is 11.6. The quantitative estimate of drug-likeness (QED) is 0.220. The Bertz CT molecular complexity index is 1250. The van der Waals surface area contributed by atoms with Gasteiger partial charge in [0.15, 0.2) is 0 Å². The lowest BCUT2D eigenvalue weighted by molar-refractivity contribution is -0.147. The van der Waals surface area contributed by atoms with E-state index in [1.54, 1.807) is 12.1 Å². The van der Waals surface area contributed by atoms with Crippen LogP contribution in [0.5, 0.6) is 0 Å². The van der Waals surface area contributed by atoms with E-state index in [2.05, 4.69) is 15.5 Å². The summed E-state index contributed by atoms with van der Waals surface area (Å²) in [6, 6.07) is 13.0. The first kappa shape index (κ1) is 19.9. The molecule has 0 radical (unpaired) electrons. The Kier molecular flexibility index (Phi) is 5.26. The molecule has 0 aliphatic rings. The molecule has 148 valence electrons. The fourth-order valence-electron chi connectivity index (χ4n) is 2.49. The van der Waals surface area contributed by atoms with Crippen LogP contribution in [0, 0.1) is 0 Å². The fourth-order valence-corrected chi connectivity index (χ4v) is 3.00. The molecule has 0 aliphatic carbocycles. The molecule has 3 aromatic carbocycles. The Labute approximate surface area is 164 Å². The third-order valence-electron chi connectivity index (χ3n) is 3.89. The Balaban J connectivity index is 1.93. The fraction of sp³-hybridized carbons (Fsp3) is 0. The van der Waals surface area contributed by atoms with Crippen molar-refractivity contribution in [3.63, 3.8) is 0 Å². The monoisotopic (exact) mass is 414 g/mol. The van der Waals surface area contributed by atoms with E-state index in [-0.39, 0.29) is 10.6 Å². The zero-order valence-corrected chi connectivity index (χ0v) is 15.4. The van der Waals surface area contributed by atoms with Gasteiger partial charge in [-0.3, -0.25) is 9.35 Å². The van der Waals surface area contributed by atoms with Crippen LogP contribution < -0.4 is 11.1 Å². The van der Waals surface area contributed by atoms with Crippen LogP contribution in [0.25, 0.3) is 10.8 Å². The van der Waals surface area contributed by atoms with E-state index >= 15 is 0 Å². The number of hydrogen-bond acceptors (Lipinski definition) is 7. The summed E-state index contributed by atoms with van der Waals surface area (Å²) >= 11 is 0. The van der Waals surface area contributed by atoms with Crippen molar-refractivity contribution in [2.75, 3.05) is 11.1 Å². The minimum Gasteiger partial charge on any atom is -0.474 e. The second kappa shape index (κ2) is 7.66. The lowest BCUT2D eigenvalue weighted by atomic mass is 10.1. The summed E-state index contributed by atoms with van der Waals surface area (Å²) in [5.74, 6) is -2.77. The number of rotatable bonds is 4. The number of aliphatic carboxylic acids is 1. The molecule has 5 N–H and O–H groups in total. The highest BCUT2D eigenvalue weighted by Gasteiger charge is 2.13. The minimum absolute atomic E-state index is 0.270. The van der Waals surface area contributed by atoms with Crippen molar-refractivity contribution in [2.24, 2.45) is 10.2 Å². The highest BCUT2D eigenvalue weighted by atomic mass is 32.2. The molecule has 0 aliphatic heterocycles. The van der Waals surface area contributed by atoms with E-state index in [1.807, 2.05) is 0 Å². The molecule has 0 atom stereocenters. The maximum Gasteiger partial charge on any atom is 0.394 e. The van der Waals surface area contributed by atoms with E-state index in [0.717, 1.165) is 0 Å². The number of carbonyl (C=O) groups is 2. The van der Waals surface area contributed by atoms with E-state index in [4.69, 9.17) is 10.8 Å². The number of nitrogens with one attached hydrogen (secondary N) is 1. The van der Waals surface area contributed by atoms with Gasteiger partial charge in [-0.2, -0.15) is 13.5 Å². The summed E-state index contributed by atoms with van der Waals surface area (Å²) in [7, 11) is -4.40. The van der Waals surface area contributed by atoms with Crippen molar-refractivity contribution in [1.82, 2.24) is 0 Å².